The van der Waals surface area contributed by atoms with Gasteiger partial charge >= 0.3 is 0 Å². The Bertz CT molecular complexity index is 531. The molecule has 1 aromatic carbocycles. The lowest BCUT2D eigenvalue weighted by Crippen LogP contribution is -2.31. The van der Waals surface area contributed by atoms with Gasteiger partial charge in [0.25, 0.3) is 11.8 Å². The Kier molecular flexibility index (Phi) is 4.93. The molecule has 21 heavy (non-hydrogen) atoms. The molecule has 0 aromatic heterocycles. The van der Waals surface area contributed by atoms with Gasteiger partial charge in [-0.25, -0.2) is 0 Å². The van der Waals surface area contributed by atoms with Crippen LogP contribution in [0, 0.1) is 0 Å². The van der Waals surface area contributed by atoms with E-state index in [0.717, 1.165) is 6.42 Å². The first-order valence-corrected chi connectivity index (χ1v) is 7.00. The Balaban J connectivity index is 2.09. The molecule has 0 spiro atoms. The number of rotatable bonds is 4. The molecule has 1 heterocycles. The Labute approximate surface area is 124 Å². The molecule has 2 amide bonds. The fourth-order valence-electron chi connectivity index (χ4n) is 2.30. The summed E-state index contributed by atoms with van der Waals surface area (Å²) in [5.41, 5.74) is 6.50. The van der Waals surface area contributed by atoms with Crippen LogP contribution in [-0.2, 0) is 9.53 Å². The summed E-state index contributed by atoms with van der Waals surface area (Å²) in [5, 5.41) is 2.78. The first-order chi connectivity index (χ1) is 10.0. The molecule has 3 N–H and O–H groups in total. The molecular weight excluding hydrogens is 270 g/mol. The van der Waals surface area contributed by atoms with Crippen molar-refractivity contribution in [2.75, 3.05) is 26.0 Å². The van der Waals surface area contributed by atoms with Crippen LogP contribution in [0.4, 0.5) is 5.69 Å². The van der Waals surface area contributed by atoms with Crippen molar-refractivity contribution < 1.29 is 14.3 Å². The highest BCUT2D eigenvalue weighted by molar-refractivity contribution is 6.04. The van der Waals surface area contributed by atoms with Crippen LogP contribution in [-0.4, -0.2) is 49.6 Å². The van der Waals surface area contributed by atoms with Gasteiger partial charge in [0.1, 0.15) is 6.10 Å². The van der Waals surface area contributed by atoms with Gasteiger partial charge in [-0.3, -0.25) is 9.59 Å². The van der Waals surface area contributed by atoms with Crippen molar-refractivity contribution in [3.63, 3.8) is 0 Å². The molecule has 2 atom stereocenters. The summed E-state index contributed by atoms with van der Waals surface area (Å²) in [7, 11) is 3.35. The SMILES string of the molecule is CN(C)C(=O)c1ccccc1NC(=O)C1CCC(CN)O1. The summed E-state index contributed by atoms with van der Waals surface area (Å²) in [6, 6.07) is 6.95. The van der Waals surface area contributed by atoms with Crippen molar-refractivity contribution in [3.8, 4) is 0 Å². The second-order valence-electron chi connectivity index (χ2n) is 5.29. The third kappa shape index (κ3) is 3.59. The normalized spacial score (nSPS) is 21.1. The molecule has 0 aliphatic carbocycles. The number of ether oxygens (including phenoxy) is 1. The second kappa shape index (κ2) is 6.69. The molecule has 6 heteroatoms. The van der Waals surface area contributed by atoms with Crippen LogP contribution in [0.1, 0.15) is 23.2 Å². The van der Waals surface area contributed by atoms with Gasteiger partial charge < -0.3 is 20.7 Å². The van der Waals surface area contributed by atoms with E-state index in [1.54, 1.807) is 38.4 Å². The first-order valence-electron chi connectivity index (χ1n) is 7.00. The standard InChI is InChI=1S/C15H21N3O3/c1-18(2)15(20)11-5-3-4-6-12(11)17-14(19)13-8-7-10(9-16)21-13/h3-6,10,13H,7-9,16H2,1-2H3,(H,17,19). The summed E-state index contributed by atoms with van der Waals surface area (Å²) in [6.45, 7) is 0.416. The number of hydrogen-bond acceptors (Lipinski definition) is 4. The van der Waals surface area contributed by atoms with Crippen molar-refractivity contribution in [1.82, 2.24) is 4.90 Å². The molecule has 1 aliphatic rings. The first kappa shape index (κ1) is 15.5. The lowest BCUT2D eigenvalue weighted by atomic mass is 10.1. The Morgan fingerprint density at radius 3 is 2.67 bits per heavy atom. The quantitative estimate of drug-likeness (QED) is 0.860. The average Bonchev–Trinajstić information content (AvgIpc) is 2.96. The molecule has 0 radical (unpaired) electrons. The number of amides is 2. The lowest BCUT2D eigenvalue weighted by molar-refractivity contribution is -0.126. The maximum atomic E-state index is 12.2. The molecule has 1 fully saturated rings. The Hall–Kier alpha value is -1.92. The molecule has 1 aromatic rings. The van der Waals surface area contributed by atoms with Gasteiger partial charge in [0.2, 0.25) is 0 Å². The minimum absolute atomic E-state index is 0.0561. The molecule has 1 saturated heterocycles. The van der Waals surface area contributed by atoms with Gasteiger partial charge in [-0.15, -0.1) is 0 Å². The number of para-hydroxylation sites is 1. The van der Waals surface area contributed by atoms with Crippen LogP contribution in [0.25, 0.3) is 0 Å². The van der Waals surface area contributed by atoms with Crippen LogP contribution in [0.2, 0.25) is 0 Å². The lowest BCUT2D eigenvalue weighted by Gasteiger charge is -2.16. The third-order valence-electron chi connectivity index (χ3n) is 3.48. The molecule has 2 unspecified atom stereocenters. The summed E-state index contributed by atoms with van der Waals surface area (Å²) in [4.78, 5) is 25.8. The zero-order valence-corrected chi connectivity index (χ0v) is 12.3. The van der Waals surface area contributed by atoms with Crippen LogP contribution >= 0.6 is 0 Å². The fourth-order valence-corrected chi connectivity index (χ4v) is 2.30. The average molecular weight is 291 g/mol. The van der Waals surface area contributed by atoms with Crippen LogP contribution in [0.5, 0.6) is 0 Å². The van der Waals surface area contributed by atoms with Crippen LogP contribution in [0.3, 0.4) is 0 Å². The van der Waals surface area contributed by atoms with E-state index in [0.29, 0.717) is 24.2 Å². The molecule has 0 saturated carbocycles. The van der Waals surface area contributed by atoms with E-state index in [2.05, 4.69) is 5.32 Å². The summed E-state index contributed by atoms with van der Waals surface area (Å²) >= 11 is 0. The zero-order valence-electron chi connectivity index (χ0n) is 12.3. The highest BCUT2D eigenvalue weighted by Gasteiger charge is 2.30. The minimum atomic E-state index is -0.499. The van der Waals surface area contributed by atoms with E-state index in [4.69, 9.17) is 10.5 Å². The number of hydrogen-bond donors (Lipinski definition) is 2. The number of carbonyl (C=O) groups is 2. The molecule has 6 nitrogen and oxygen atoms in total. The fraction of sp³-hybridized carbons (Fsp3) is 0.467. The summed E-state index contributed by atoms with van der Waals surface area (Å²) < 4.78 is 5.56. The minimum Gasteiger partial charge on any atom is -0.364 e. The maximum Gasteiger partial charge on any atom is 0.255 e. The largest absolute Gasteiger partial charge is 0.364 e. The molecular formula is C15H21N3O3. The van der Waals surface area contributed by atoms with Gasteiger partial charge in [-0.1, -0.05) is 12.1 Å². The molecule has 114 valence electrons. The molecule has 1 aliphatic heterocycles. The summed E-state index contributed by atoms with van der Waals surface area (Å²) in [6.07, 6.45) is 0.880. The number of nitrogens with zero attached hydrogens (tertiary/aromatic N) is 1. The van der Waals surface area contributed by atoms with Gasteiger partial charge in [-0.2, -0.15) is 0 Å². The highest BCUT2D eigenvalue weighted by Crippen LogP contribution is 2.22. The number of carbonyl (C=O) groups excluding carboxylic acids is 2. The van der Waals surface area contributed by atoms with Crippen molar-refractivity contribution in [2.24, 2.45) is 5.73 Å². The Morgan fingerprint density at radius 1 is 1.33 bits per heavy atom. The molecule has 2 rings (SSSR count). The Morgan fingerprint density at radius 2 is 2.05 bits per heavy atom. The molecule has 0 bridgehead atoms. The van der Waals surface area contributed by atoms with Crippen molar-refractivity contribution in [3.05, 3.63) is 29.8 Å². The van der Waals surface area contributed by atoms with Crippen molar-refractivity contribution in [1.29, 1.82) is 0 Å². The van der Waals surface area contributed by atoms with E-state index in [9.17, 15) is 9.59 Å². The van der Waals surface area contributed by atoms with E-state index in [1.807, 2.05) is 0 Å². The summed E-state index contributed by atoms with van der Waals surface area (Å²) in [5.74, 6) is -0.386. The van der Waals surface area contributed by atoms with Gasteiger partial charge in [0, 0.05) is 20.6 Å². The van der Waals surface area contributed by atoms with Crippen LogP contribution < -0.4 is 11.1 Å². The highest BCUT2D eigenvalue weighted by atomic mass is 16.5. The predicted octanol–water partition coefficient (Wildman–Crippen LogP) is 0.833. The van der Waals surface area contributed by atoms with E-state index >= 15 is 0 Å². The predicted molar refractivity (Wildman–Crippen MR) is 80.0 cm³/mol. The zero-order chi connectivity index (χ0) is 15.4. The topological polar surface area (TPSA) is 84.7 Å². The number of benzene rings is 1. The van der Waals surface area contributed by atoms with Crippen molar-refractivity contribution >= 4 is 17.5 Å². The smallest absolute Gasteiger partial charge is 0.255 e. The monoisotopic (exact) mass is 291 g/mol. The number of anilines is 1. The second-order valence-corrected chi connectivity index (χ2v) is 5.29. The number of nitrogens with two attached hydrogens (primary N) is 1. The van der Waals surface area contributed by atoms with Gasteiger partial charge in [0.15, 0.2) is 0 Å². The van der Waals surface area contributed by atoms with E-state index < -0.39 is 6.10 Å². The van der Waals surface area contributed by atoms with E-state index in [1.165, 1.54) is 4.90 Å². The number of nitrogens with one attached hydrogen (secondary N) is 1. The maximum absolute atomic E-state index is 12.2. The third-order valence-corrected chi connectivity index (χ3v) is 3.48. The van der Waals surface area contributed by atoms with Crippen molar-refractivity contribution in [2.45, 2.75) is 25.0 Å². The van der Waals surface area contributed by atoms with Gasteiger partial charge in [0.05, 0.1) is 17.4 Å². The van der Waals surface area contributed by atoms with E-state index in [-0.39, 0.29) is 17.9 Å². The van der Waals surface area contributed by atoms with Gasteiger partial charge in [-0.05, 0) is 25.0 Å². The van der Waals surface area contributed by atoms with Crippen LogP contribution in [0.15, 0.2) is 24.3 Å².